The van der Waals surface area contributed by atoms with Crippen molar-refractivity contribution >= 4 is 11.8 Å². The van der Waals surface area contributed by atoms with Gasteiger partial charge in [-0.1, -0.05) is 17.3 Å². The zero-order valence-corrected chi connectivity index (χ0v) is 17.3. The van der Waals surface area contributed by atoms with Crippen LogP contribution in [0.3, 0.4) is 0 Å². The molecule has 1 aromatic heterocycles. The van der Waals surface area contributed by atoms with Crippen LogP contribution in [0.25, 0.3) is 0 Å². The van der Waals surface area contributed by atoms with E-state index in [0.29, 0.717) is 43.6 Å². The average molecular weight is 410 g/mol. The lowest BCUT2D eigenvalue weighted by atomic mass is 9.81. The van der Waals surface area contributed by atoms with Crippen LogP contribution in [0.5, 0.6) is 5.75 Å². The molecule has 30 heavy (non-hydrogen) atoms. The zero-order valence-electron chi connectivity index (χ0n) is 17.3. The van der Waals surface area contributed by atoms with E-state index in [9.17, 15) is 9.59 Å². The second kappa shape index (κ2) is 7.11. The topological polar surface area (TPSA) is 88.8 Å². The molecular formula is C22H26N4O4. The Balaban J connectivity index is 1.32. The molecule has 0 spiro atoms. The maximum Gasteiger partial charge on any atom is 0.260 e. The van der Waals surface area contributed by atoms with Gasteiger partial charge in [0, 0.05) is 38.0 Å². The molecule has 0 unspecified atom stereocenters. The molecule has 3 heterocycles. The van der Waals surface area contributed by atoms with Gasteiger partial charge in [0.25, 0.3) is 5.91 Å². The predicted molar refractivity (Wildman–Crippen MR) is 107 cm³/mol. The molecule has 158 valence electrons. The molecular weight excluding hydrogens is 384 g/mol. The largest absolute Gasteiger partial charge is 0.484 e. The maximum atomic E-state index is 12.9. The Kier molecular flexibility index (Phi) is 4.52. The fourth-order valence-electron chi connectivity index (χ4n) is 4.75. The number of hydrogen-bond acceptors (Lipinski definition) is 6. The lowest BCUT2D eigenvalue weighted by Gasteiger charge is -2.26. The van der Waals surface area contributed by atoms with Crippen LogP contribution in [0.15, 0.2) is 28.8 Å². The summed E-state index contributed by atoms with van der Waals surface area (Å²) in [5.41, 5.74) is 0.590. The highest BCUT2D eigenvalue weighted by Gasteiger charge is 2.59. The van der Waals surface area contributed by atoms with E-state index in [1.165, 1.54) is 0 Å². The quantitative estimate of drug-likeness (QED) is 0.746. The number of rotatable bonds is 5. The Morgan fingerprint density at radius 1 is 1.20 bits per heavy atom. The molecule has 5 rings (SSSR count). The van der Waals surface area contributed by atoms with E-state index < -0.39 is 5.41 Å². The molecule has 2 aliphatic heterocycles. The Hall–Kier alpha value is -2.90. The van der Waals surface area contributed by atoms with Crippen molar-refractivity contribution in [2.75, 3.05) is 32.8 Å². The molecule has 1 aliphatic carbocycles. The van der Waals surface area contributed by atoms with Crippen LogP contribution in [-0.4, -0.2) is 64.5 Å². The molecule has 8 heteroatoms. The first kappa shape index (κ1) is 19.1. The van der Waals surface area contributed by atoms with Gasteiger partial charge in [0.2, 0.25) is 11.8 Å². The van der Waals surface area contributed by atoms with E-state index >= 15 is 0 Å². The second-order valence-corrected chi connectivity index (χ2v) is 8.87. The van der Waals surface area contributed by atoms with Gasteiger partial charge in [-0.05, 0) is 44.4 Å². The number of likely N-dealkylation sites (tertiary alicyclic amines) is 2. The number of carbonyl (C=O) groups is 2. The van der Waals surface area contributed by atoms with Gasteiger partial charge in [-0.2, -0.15) is 4.98 Å². The highest BCUT2D eigenvalue weighted by molar-refractivity contribution is 5.82. The van der Waals surface area contributed by atoms with Crippen molar-refractivity contribution in [3.05, 3.63) is 41.5 Å². The van der Waals surface area contributed by atoms with Crippen molar-refractivity contribution in [1.82, 2.24) is 19.9 Å². The summed E-state index contributed by atoms with van der Waals surface area (Å²) in [6, 6.07) is 7.66. The van der Waals surface area contributed by atoms with Crippen molar-refractivity contribution in [2.45, 2.75) is 32.1 Å². The highest BCUT2D eigenvalue weighted by Crippen LogP contribution is 2.46. The SMILES string of the molecule is Cc1cccc(OCC(=O)N2C[C@H]3CN(C(=O)C4CC4)C[C@@]3(c3nc(C)no3)C2)c1. The van der Waals surface area contributed by atoms with Gasteiger partial charge in [0.05, 0.1) is 5.41 Å². The van der Waals surface area contributed by atoms with Crippen LogP contribution in [0.4, 0.5) is 0 Å². The zero-order chi connectivity index (χ0) is 20.9. The summed E-state index contributed by atoms with van der Waals surface area (Å²) in [6.07, 6.45) is 1.96. The standard InChI is InChI=1S/C22H26N4O4/c1-14-4-3-5-18(8-14)29-11-19(27)25-9-17-10-26(20(28)16-6-7-16)13-22(17,12-25)21-23-15(2)24-30-21/h3-5,8,16-17H,6-7,9-13H2,1-2H3/t17-,22-/m0/s1. The van der Waals surface area contributed by atoms with Crippen LogP contribution >= 0.6 is 0 Å². The molecule has 1 saturated carbocycles. The summed E-state index contributed by atoms with van der Waals surface area (Å²) in [5, 5.41) is 3.97. The summed E-state index contributed by atoms with van der Waals surface area (Å²) in [4.78, 5) is 33.8. The van der Waals surface area contributed by atoms with Gasteiger partial charge in [-0.15, -0.1) is 0 Å². The fourth-order valence-corrected chi connectivity index (χ4v) is 4.75. The third kappa shape index (κ3) is 3.34. The fraction of sp³-hybridized carbons (Fsp3) is 0.545. The third-order valence-corrected chi connectivity index (χ3v) is 6.51. The minimum Gasteiger partial charge on any atom is -0.484 e. The molecule has 2 saturated heterocycles. The van der Waals surface area contributed by atoms with E-state index in [4.69, 9.17) is 9.26 Å². The Morgan fingerprint density at radius 3 is 2.67 bits per heavy atom. The Labute approximate surface area is 175 Å². The van der Waals surface area contributed by atoms with Crippen LogP contribution < -0.4 is 4.74 Å². The normalized spacial score (nSPS) is 25.5. The van der Waals surface area contributed by atoms with Crippen molar-refractivity contribution in [3.63, 3.8) is 0 Å². The van der Waals surface area contributed by atoms with Crippen molar-refractivity contribution in [3.8, 4) is 5.75 Å². The van der Waals surface area contributed by atoms with Gasteiger partial charge in [-0.3, -0.25) is 9.59 Å². The predicted octanol–water partition coefficient (Wildman–Crippen LogP) is 1.71. The van der Waals surface area contributed by atoms with Crippen molar-refractivity contribution in [2.24, 2.45) is 11.8 Å². The molecule has 1 aromatic carbocycles. The summed E-state index contributed by atoms with van der Waals surface area (Å²) >= 11 is 0. The van der Waals surface area contributed by atoms with Crippen LogP contribution in [-0.2, 0) is 15.0 Å². The van der Waals surface area contributed by atoms with Gasteiger partial charge in [-0.25, -0.2) is 0 Å². The molecule has 3 aliphatic rings. The second-order valence-electron chi connectivity index (χ2n) is 8.87. The lowest BCUT2D eigenvalue weighted by Crippen LogP contribution is -2.42. The Bertz CT molecular complexity index is 985. The van der Waals surface area contributed by atoms with Crippen molar-refractivity contribution in [1.29, 1.82) is 0 Å². The minimum atomic E-state index is -0.495. The van der Waals surface area contributed by atoms with E-state index in [0.717, 1.165) is 18.4 Å². The molecule has 0 N–H and O–H groups in total. The number of benzene rings is 1. The van der Waals surface area contributed by atoms with Gasteiger partial charge in [0.1, 0.15) is 5.75 Å². The summed E-state index contributed by atoms with van der Waals surface area (Å²) in [6.45, 7) is 5.93. The number of hydrogen-bond donors (Lipinski definition) is 0. The first-order chi connectivity index (χ1) is 14.4. The van der Waals surface area contributed by atoms with Gasteiger partial charge in [0.15, 0.2) is 12.4 Å². The molecule has 2 amide bonds. The maximum absolute atomic E-state index is 12.9. The average Bonchev–Trinajstić information content (AvgIpc) is 3.22. The minimum absolute atomic E-state index is 0.0141. The number of aromatic nitrogens is 2. The lowest BCUT2D eigenvalue weighted by molar-refractivity contribution is -0.133. The highest BCUT2D eigenvalue weighted by atomic mass is 16.5. The molecule has 0 radical (unpaired) electrons. The van der Waals surface area contributed by atoms with Gasteiger partial charge < -0.3 is 19.1 Å². The summed E-state index contributed by atoms with van der Waals surface area (Å²) in [7, 11) is 0. The van der Waals surface area contributed by atoms with Crippen molar-refractivity contribution < 1.29 is 18.8 Å². The van der Waals surface area contributed by atoms with Crippen LogP contribution in [0.1, 0.15) is 30.1 Å². The molecule has 3 fully saturated rings. The van der Waals surface area contributed by atoms with Gasteiger partial charge >= 0.3 is 0 Å². The van der Waals surface area contributed by atoms with E-state index in [2.05, 4.69) is 10.1 Å². The Morgan fingerprint density at radius 2 is 1.97 bits per heavy atom. The molecule has 2 aromatic rings. The monoisotopic (exact) mass is 410 g/mol. The van der Waals surface area contributed by atoms with E-state index in [-0.39, 0.29) is 30.3 Å². The third-order valence-electron chi connectivity index (χ3n) is 6.51. The first-order valence-electron chi connectivity index (χ1n) is 10.5. The number of nitrogens with zero attached hydrogens (tertiary/aromatic N) is 4. The number of carbonyl (C=O) groups excluding carboxylic acids is 2. The van der Waals surface area contributed by atoms with Crippen LogP contribution in [0.2, 0.25) is 0 Å². The van der Waals surface area contributed by atoms with Crippen LogP contribution in [0, 0.1) is 25.7 Å². The molecule has 2 atom stereocenters. The molecule has 8 nitrogen and oxygen atoms in total. The number of aryl methyl sites for hydroxylation is 2. The number of amides is 2. The van der Waals surface area contributed by atoms with E-state index in [1.54, 1.807) is 6.92 Å². The van der Waals surface area contributed by atoms with E-state index in [1.807, 2.05) is 41.0 Å². The smallest absolute Gasteiger partial charge is 0.260 e. The summed E-state index contributed by atoms with van der Waals surface area (Å²) in [5.74, 6) is 2.20. The summed E-state index contributed by atoms with van der Waals surface area (Å²) < 4.78 is 11.3. The molecule has 0 bridgehead atoms. The number of ether oxygens (including phenoxy) is 1. The first-order valence-corrected chi connectivity index (χ1v) is 10.5. The number of fused-ring (bicyclic) bond motifs is 1.